The van der Waals surface area contributed by atoms with E-state index in [-0.39, 0.29) is 5.91 Å². The summed E-state index contributed by atoms with van der Waals surface area (Å²) in [6.45, 7) is 4.01. The number of anilines is 1. The van der Waals surface area contributed by atoms with E-state index in [1.54, 1.807) is 12.1 Å². The molecule has 2 heterocycles. The zero-order valence-corrected chi connectivity index (χ0v) is 10.2. The van der Waals surface area contributed by atoms with E-state index >= 15 is 0 Å². The highest BCUT2D eigenvalue weighted by molar-refractivity contribution is 5.92. The molecule has 0 fully saturated rings. The van der Waals surface area contributed by atoms with Gasteiger partial charge in [0.15, 0.2) is 0 Å². The Morgan fingerprint density at radius 2 is 2.22 bits per heavy atom. The van der Waals surface area contributed by atoms with Gasteiger partial charge in [-0.15, -0.1) is 0 Å². The number of nitrogens with one attached hydrogen (secondary N) is 1. The van der Waals surface area contributed by atoms with Crippen molar-refractivity contribution in [3.8, 4) is 0 Å². The Morgan fingerprint density at radius 1 is 1.44 bits per heavy atom. The molecule has 3 N–H and O–H groups in total. The summed E-state index contributed by atoms with van der Waals surface area (Å²) in [7, 11) is 0. The largest absolute Gasteiger partial charge is 0.397 e. The zero-order valence-electron chi connectivity index (χ0n) is 10.2. The van der Waals surface area contributed by atoms with Crippen molar-refractivity contribution in [2.24, 2.45) is 0 Å². The Morgan fingerprint density at radius 3 is 2.78 bits per heavy atom. The van der Waals surface area contributed by atoms with Gasteiger partial charge in [-0.25, -0.2) is 4.98 Å². The first kappa shape index (κ1) is 12.1. The predicted molar refractivity (Wildman–Crippen MR) is 65.8 cm³/mol. The van der Waals surface area contributed by atoms with E-state index in [4.69, 9.17) is 10.3 Å². The van der Waals surface area contributed by atoms with Crippen LogP contribution in [0.5, 0.6) is 0 Å². The molecular weight excluding hydrogens is 232 g/mol. The van der Waals surface area contributed by atoms with Gasteiger partial charge in [-0.2, -0.15) is 0 Å². The quantitative estimate of drug-likeness (QED) is 0.848. The van der Waals surface area contributed by atoms with Crippen molar-refractivity contribution in [3.05, 3.63) is 41.0 Å². The van der Waals surface area contributed by atoms with Crippen molar-refractivity contribution < 1.29 is 9.32 Å². The molecule has 0 unspecified atom stereocenters. The van der Waals surface area contributed by atoms with Crippen LogP contribution < -0.4 is 11.1 Å². The number of aromatic nitrogens is 2. The first-order chi connectivity index (χ1) is 8.58. The van der Waals surface area contributed by atoms with E-state index in [9.17, 15) is 4.79 Å². The molecule has 94 valence electrons. The van der Waals surface area contributed by atoms with E-state index in [2.05, 4.69) is 15.5 Å². The van der Waals surface area contributed by atoms with Crippen LogP contribution in [-0.2, 0) is 6.54 Å². The third-order valence-electron chi connectivity index (χ3n) is 2.63. The number of hydrogen-bond acceptors (Lipinski definition) is 5. The van der Waals surface area contributed by atoms with Crippen LogP contribution in [0.4, 0.5) is 5.69 Å². The van der Waals surface area contributed by atoms with Crippen molar-refractivity contribution in [2.75, 3.05) is 5.73 Å². The van der Waals surface area contributed by atoms with Gasteiger partial charge in [0.2, 0.25) is 0 Å². The van der Waals surface area contributed by atoms with Crippen molar-refractivity contribution in [3.63, 3.8) is 0 Å². The maximum Gasteiger partial charge on any atom is 0.270 e. The molecule has 6 heteroatoms. The fourth-order valence-corrected chi connectivity index (χ4v) is 1.55. The van der Waals surface area contributed by atoms with Crippen molar-refractivity contribution >= 4 is 11.6 Å². The second kappa shape index (κ2) is 4.87. The number of amides is 1. The van der Waals surface area contributed by atoms with Crippen molar-refractivity contribution in [1.29, 1.82) is 0 Å². The van der Waals surface area contributed by atoms with Gasteiger partial charge in [-0.3, -0.25) is 4.79 Å². The molecule has 6 nitrogen and oxygen atoms in total. The average molecular weight is 246 g/mol. The third kappa shape index (κ3) is 2.48. The number of nitrogens with two attached hydrogens (primary N) is 1. The zero-order chi connectivity index (χ0) is 13.1. The third-order valence-corrected chi connectivity index (χ3v) is 2.63. The van der Waals surface area contributed by atoms with E-state index in [0.717, 1.165) is 11.3 Å². The average Bonchev–Trinajstić information content (AvgIpc) is 2.67. The molecular formula is C12H14N4O2. The molecule has 0 saturated heterocycles. The lowest BCUT2D eigenvalue weighted by molar-refractivity contribution is 0.0946. The fraction of sp³-hybridized carbons (Fsp3) is 0.250. The van der Waals surface area contributed by atoms with E-state index in [1.807, 2.05) is 13.8 Å². The highest BCUT2D eigenvalue weighted by atomic mass is 16.5. The summed E-state index contributed by atoms with van der Waals surface area (Å²) in [5.74, 6) is 0.452. The van der Waals surface area contributed by atoms with Crippen molar-refractivity contribution in [1.82, 2.24) is 15.5 Å². The summed E-state index contributed by atoms with van der Waals surface area (Å²) in [4.78, 5) is 15.8. The SMILES string of the molecule is Cc1noc(C)c1CNC(=O)c1ccc(N)cn1. The van der Waals surface area contributed by atoms with Gasteiger partial charge in [0.25, 0.3) is 5.91 Å². The smallest absolute Gasteiger partial charge is 0.270 e. The summed E-state index contributed by atoms with van der Waals surface area (Å²) < 4.78 is 5.02. The van der Waals surface area contributed by atoms with Gasteiger partial charge in [0.1, 0.15) is 11.5 Å². The molecule has 0 radical (unpaired) electrons. The summed E-state index contributed by atoms with van der Waals surface area (Å²) in [6.07, 6.45) is 1.45. The molecule has 0 saturated carbocycles. The van der Waals surface area contributed by atoms with Crippen molar-refractivity contribution in [2.45, 2.75) is 20.4 Å². The molecule has 0 atom stereocenters. The van der Waals surface area contributed by atoms with Crippen LogP contribution >= 0.6 is 0 Å². The number of carbonyl (C=O) groups excluding carboxylic acids is 1. The number of carbonyl (C=O) groups is 1. The molecule has 0 bridgehead atoms. The molecule has 0 aromatic carbocycles. The number of aryl methyl sites for hydroxylation is 2. The molecule has 2 aromatic heterocycles. The second-order valence-electron chi connectivity index (χ2n) is 3.96. The molecule has 0 aliphatic carbocycles. The van der Waals surface area contributed by atoms with Gasteiger partial charge < -0.3 is 15.6 Å². The number of nitrogens with zero attached hydrogens (tertiary/aromatic N) is 2. The normalized spacial score (nSPS) is 10.3. The number of hydrogen-bond donors (Lipinski definition) is 2. The van der Waals surface area contributed by atoms with Crippen LogP contribution in [0.1, 0.15) is 27.5 Å². The van der Waals surface area contributed by atoms with Crippen LogP contribution in [0, 0.1) is 13.8 Å². The number of nitrogen functional groups attached to an aromatic ring is 1. The minimum Gasteiger partial charge on any atom is -0.397 e. The lowest BCUT2D eigenvalue weighted by Gasteiger charge is -2.04. The standard InChI is InChI=1S/C12H14N4O2/c1-7-10(8(2)18-16-7)6-15-12(17)11-4-3-9(13)5-14-11/h3-5H,6,13H2,1-2H3,(H,15,17). The monoisotopic (exact) mass is 246 g/mol. The lowest BCUT2D eigenvalue weighted by atomic mass is 10.2. The minimum atomic E-state index is -0.255. The Labute approximate surface area is 104 Å². The molecule has 18 heavy (non-hydrogen) atoms. The Bertz CT molecular complexity index is 540. The second-order valence-corrected chi connectivity index (χ2v) is 3.96. The van der Waals surface area contributed by atoms with Gasteiger partial charge >= 0.3 is 0 Å². The van der Waals surface area contributed by atoms with Crippen LogP contribution in [-0.4, -0.2) is 16.0 Å². The van der Waals surface area contributed by atoms with E-state index in [1.165, 1.54) is 6.20 Å². The first-order valence-electron chi connectivity index (χ1n) is 5.49. The molecule has 0 spiro atoms. The van der Waals surface area contributed by atoms with E-state index < -0.39 is 0 Å². The lowest BCUT2D eigenvalue weighted by Crippen LogP contribution is -2.24. The van der Waals surface area contributed by atoms with Gasteiger partial charge in [-0.1, -0.05) is 5.16 Å². The molecule has 2 rings (SSSR count). The topological polar surface area (TPSA) is 94.0 Å². The predicted octanol–water partition coefficient (Wildman–Crippen LogP) is 1.20. The molecule has 1 amide bonds. The van der Waals surface area contributed by atoms with Crippen LogP contribution in [0.3, 0.4) is 0 Å². The highest BCUT2D eigenvalue weighted by Gasteiger charge is 2.11. The molecule has 2 aromatic rings. The Balaban J connectivity index is 2.03. The number of pyridine rings is 1. The Hall–Kier alpha value is -2.37. The van der Waals surface area contributed by atoms with Crippen LogP contribution in [0.25, 0.3) is 0 Å². The summed E-state index contributed by atoms with van der Waals surface area (Å²) >= 11 is 0. The first-order valence-corrected chi connectivity index (χ1v) is 5.49. The van der Waals surface area contributed by atoms with E-state index in [0.29, 0.717) is 23.7 Å². The Kier molecular flexibility index (Phi) is 3.27. The van der Waals surface area contributed by atoms with Gasteiger partial charge in [0, 0.05) is 12.1 Å². The van der Waals surface area contributed by atoms with Crippen LogP contribution in [0.15, 0.2) is 22.9 Å². The minimum absolute atomic E-state index is 0.255. The van der Waals surface area contributed by atoms with Gasteiger partial charge in [0.05, 0.1) is 17.6 Å². The number of rotatable bonds is 3. The molecule has 0 aliphatic heterocycles. The highest BCUT2D eigenvalue weighted by Crippen LogP contribution is 2.11. The maximum atomic E-state index is 11.8. The fourth-order valence-electron chi connectivity index (χ4n) is 1.55. The maximum absolute atomic E-state index is 11.8. The van der Waals surface area contributed by atoms with Gasteiger partial charge in [-0.05, 0) is 26.0 Å². The summed E-state index contributed by atoms with van der Waals surface area (Å²) in [6, 6.07) is 3.22. The molecule has 0 aliphatic rings. The summed E-state index contributed by atoms with van der Waals surface area (Å²) in [5, 5.41) is 6.58. The van der Waals surface area contributed by atoms with Crippen LogP contribution in [0.2, 0.25) is 0 Å². The summed E-state index contributed by atoms with van der Waals surface area (Å²) in [5.41, 5.74) is 8.02.